The van der Waals surface area contributed by atoms with E-state index < -0.39 is 6.94 Å². The molecule has 0 heterocycles. The van der Waals surface area contributed by atoms with Crippen LogP contribution >= 0.6 is 22.2 Å². The van der Waals surface area contributed by atoms with Gasteiger partial charge in [-0.05, 0) is 10.8 Å². The molecule has 0 unspecified atom stereocenters. The van der Waals surface area contributed by atoms with Crippen molar-refractivity contribution < 1.29 is 4.43 Å². The predicted octanol–water partition coefficient (Wildman–Crippen LogP) is 1.42. The fourth-order valence-corrected chi connectivity index (χ4v) is 2.50. The zero-order valence-electron chi connectivity index (χ0n) is 7.26. The molecule has 0 amide bonds. The maximum absolute atomic E-state index is 5.99. The van der Waals surface area contributed by atoms with Gasteiger partial charge in [0.1, 0.15) is 0 Å². The Hall–Kier alpha value is -0.0631. The van der Waals surface area contributed by atoms with E-state index in [4.69, 9.17) is 32.3 Å². The lowest BCUT2D eigenvalue weighted by atomic mass is 10.2. The highest BCUT2D eigenvalue weighted by Crippen LogP contribution is 2.15. The second-order valence-corrected chi connectivity index (χ2v) is 8.42. The Bertz CT molecular complexity index is 276. The quantitative estimate of drug-likeness (QED) is 0.636. The van der Waals surface area contributed by atoms with Crippen LogP contribution in [-0.4, -0.2) is 14.0 Å². The SMILES string of the molecule is CO[Si](Cl)(Cl)c1ccc(CN)cc1. The van der Waals surface area contributed by atoms with Crippen molar-refractivity contribution in [2.75, 3.05) is 7.11 Å². The summed E-state index contributed by atoms with van der Waals surface area (Å²) in [6, 6.07) is 7.53. The average molecular weight is 236 g/mol. The fraction of sp³-hybridized carbons (Fsp3) is 0.250. The molecule has 13 heavy (non-hydrogen) atoms. The molecule has 1 rings (SSSR count). The Morgan fingerprint density at radius 3 is 2.23 bits per heavy atom. The Kier molecular flexibility index (Phi) is 3.76. The van der Waals surface area contributed by atoms with E-state index in [1.54, 1.807) is 0 Å². The molecule has 72 valence electrons. The summed E-state index contributed by atoms with van der Waals surface area (Å²) in [7, 11) is 1.52. The molecule has 0 radical (unpaired) electrons. The largest absolute Gasteiger partial charge is 0.423 e. The van der Waals surface area contributed by atoms with Crippen LogP contribution in [0.3, 0.4) is 0 Å². The van der Waals surface area contributed by atoms with Gasteiger partial charge in [0.15, 0.2) is 0 Å². The molecule has 0 spiro atoms. The number of halogens is 2. The van der Waals surface area contributed by atoms with Gasteiger partial charge in [-0.25, -0.2) is 0 Å². The molecule has 0 saturated heterocycles. The second kappa shape index (κ2) is 4.44. The van der Waals surface area contributed by atoms with Crippen molar-refractivity contribution in [2.24, 2.45) is 5.73 Å². The average Bonchev–Trinajstić information content (AvgIpc) is 2.18. The zero-order chi connectivity index (χ0) is 9.90. The number of nitrogens with two attached hydrogens (primary N) is 1. The van der Waals surface area contributed by atoms with Gasteiger partial charge in [0.25, 0.3) is 0 Å². The monoisotopic (exact) mass is 235 g/mol. The lowest BCUT2D eigenvalue weighted by Gasteiger charge is -2.14. The summed E-state index contributed by atoms with van der Waals surface area (Å²) < 4.78 is 5.04. The van der Waals surface area contributed by atoms with Gasteiger partial charge in [0, 0.05) is 13.7 Å². The number of hydrogen-bond acceptors (Lipinski definition) is 2. The summed E-state index contributed by atoms with van der Waals surface area (Å²) >= 11 is 12.0. The Morgan fingerprint density at radius 1 is 1.31 bits per heavy atom. The first kappa shape index (κ1) is 11.0. The molecular formula is C8H11Cl2NOSi. The molecule has 2 N–H and O–H groups in total. The summed E-state index contributed by atoms with van der Waals surface area (Å²) in [5.74, 6) is 0. The van der Waals surface area contributed by atoms with Crippen LogP contribution in [0.2, 0.25) is 0 Å². The molecule has 0 aliphatic heterocycles. The van der Waals surface area contributed by atoms with E-state index in [9.17, 15) is 0 Å². The molecule has 1 aromatic carbocycles. The maximum Gasteiger partial charge on any atom is 0.423 e. The zero-order valence-corrected chi connectivity index (χ0v) is 9.77. The summed E-state index contributed by atoms with van der Waals surface area (Å²) in [6.07, 6.45) is 0. The van der Waals surface area contributed by atoms with Gasteiger partial charge in [0.2, 0.25) is 0 Å². The minimum Gasteiger partial charge on any atom is -0.392 e. The third-order valence-corrected chi connectivity index (χ3v) is 5.54. The van der Waals surface area contributed by atoms with E-state index in [0.29, 0.717) is 6.54 Å². The highest BCUT2D eigenvalue weighted by atomic mass is 35.7. The molecule has 1 aromatic rings. The van der Waals surface area contributed by atoms with E-state index in [-0.39, 0.29) is 0 Å². The van der Waals surface area contributed by atoms with Gasteiger partial charge in [-0.3, -0.25) is 0 Å². The van der Waals surface area contributed by atoms with Crippen LogP contribution in [0.25, 0.3) is 0 Å². The lowest BCUT2D eigenvalue weighted by molar-refractivity contribution is 0.437. The molecular weight excluding hydrogens is 225 g/mol. The third-order valence-electron chi connectivity index (χ3n) is 1.78. The van der Waals surface area contributed by atoms with Crippen molar-refractivity contribution in [3.05, 3.63) is 29.8 Å². The predicted molar refractivity (Wildman–Crippen MR) is 58.4 cm³/mol. The van der Waals surface area contributed by atoms with Gasteiger partial charge < -0.3 is 10.2 Å². The standard InChI is InChI=1S/C8H11Cl2NOSi/c1-12-13(9,10)8-4-2-7(6-11)3-5-8/h2-5H,6,11H2,1H3. The van der Waals surface area contributed by atoms with Crippen LogP contribution in [-0.2, 0) is 11.0 Å². The molecule has 2 nitrogen and oxygen atoms in total. The van der Waals surface area contributed by atoms with Gasteiger partial charge in [0.05, 0.1) is 0 Å². The molecule has 0 aromatic heterocycles. The van der Waals surface area contributed by atoms with Crippen molar-refractivity contribution in [2.45, 2.75) is 6.54 Å². The van der Waals surface area contributed by atoms with Crippen LogP contribution in [0.5, 0.6) is 0 Å². The molecule has 0 saturated carbocycles. The van der Waals surface area contributed by atoms with Crippen LogP contribution in [0.4, 0.5) is 0 Å². The third kappa shape index (κ3) is 2.69. The molecule has 0 atom stereocenters. The van der Waals surface area contributed by atoms with Gasteiger partial charge in [-0.15, -0.1) is 22.2 Å². The van der Waals surface area contributed by atoms with Crippen molar-refractivity contribution in [3.63, 3.8) is 0 Å². The Morgan fingerprint density at radius 2 is 1.85 bits per heavy atom. The van der Waals surface area contributed by atoms with Crippen molar-refractivity contribution in [3.8, 4) is 0 Å². The minimum atomic E-state index is -2.69. The van der Waals surface area contributed by atoms with Gasteiger partial charge >= 0.3 is 6.94 Å². The van der Waals surface area contributed by atoms with E-state index in [2.05, 4.69) is 0 Å². The normalized spacial score (nSPS) is 11.7. The highest BCUT2D eigenvalue weighted by Gasteiger charge is 2.31. The smallest absolute Gasteiger partial charge is 0.392 e. The van der Waals surface area contributed by atoms with Gasteiger partial charge in [-0.2, -0.15) is 0 Å². The fourth-order valence-electron chi connectivity index (χ4n) is 0.953. The Labute approximate surface area is 88.1 Å². The summed E-state index contributed by atoms with van der Waals surface area (Å²) in [4.78, 5) is 0. The van der Waals surface area contributed by atoms with Crippen molar-refractivity contribution >= 4 is 34.3 Å². The van der Waals surface area contributed by atoms with E-state index >= 15 is 0 Å². The second-order valence-electron chi connectivity index (χ2n) is 2.62. The van der Waals surface area contributed by atoms with Crippen LogP contribution in [0.15, 0.2) is 24.3 Å². The van der Waals surface area contributed by atoms with E-state index in [0.717, 1.165) is 10.8 Å². The Balaban J connectivity index is 2.92. The summed E-state index contributed by atoms with van der Waals surface area (Å²) in [5, 5.41) is 0.843. The van der Waals surface area contributed by atoms with Gasteiger partial charge in [-0.1, -0.05) is 24.3 Å². The number of benzene rings is 1. The molecule has 5 heteroatoms. The van der Waals surface area contributed by atoms with E-state index in [1.807, 2.05) is 24.3 Å². The number of hydrogen-bond donors (Lipinski definition) is 1. The molecule has 0 aliphatic rings. The lowest BCUT2D eigenvalue weighted by Crippen LogP contribution is -2.38. The van der Waals surface area contributed by atoms with Crippen LogP contribution in [0.1, 0.15) is 5.56 Å². The summed E-state index contributed by atoms with van der Waals surface area (Å²) in [6.45, 7) is -2.17. The molecule has 0 bridgehead atoms. The molecule has 0 aliphatic carbocycles. The van der Waals surface area contributed by atoms with Crippen molar-refractivity contribution in [1.29, 1.82) is 0 Å². The van der Waals surface area contributed by atoms with Crippen LogP contribution < -0.4 is 10.9 Å². The molecule has 0 fully saturated rings. The highest BCUT2D eigenvalue weighted by molar-refractivity contribution is 7.48. The minimum absolute atomic E-state index is 0.520. The topological polar surface area (TPSA) is 35.2 Å². The number of rotatable bonds is 3. The van der Waals surface area contributed by atoms with Crippen molar-refractivity contribution in [1.82, 2.24) is 0 Å². The first-order valence-corrected chi connectivity index (χ1v) is 7.76. The van der Waals surface area contributed by atoms with E-state index in [1.165, 1.54) is 7.11 Å². The first-order valence-electron chi connectivity index (χ1n) is 3.82. The van der Waals surface area contributed by atoms with Crippen LogP contribution in [0, 0.1) is 0 Å². The summed E-state index contributed by atoms with van der Waals surface area (Å²) in [5.41, 5.74) is 6.51. The maximum atomic E-state index is 5.99. The first-order chi connectivity index (χ1) is 6.10.